The number of hydrogen-bond acceptors (Lipinski definition) is 4. The molecule has 2 aromatic rings. The third kappa shape index (κ3) is 3.77. The van der Waals surface area contributed by atoms with Crippen LogP contribution >= 0.6 is 11.3 Å². The lowest BCUT2D eigenvalue weighted by Gasteiger charge is -2.12. The number of nitrogens with one attached hydrogen (secondary N) is 2. The van der Waals surface area contributed by atoms with Crippen LogP contribution in [0.4, 0.5) is 10.5 Å². The van der Waals surface area contributed by atoms with Gasteiger partial charge in [0.1, 0.15) is 5.01 Å². The van der Waals surface area contributed by atoms with Crippen molar-refractivity contribution in [3.63, 3.8) is 0 Å². The molecular formula is C13H15N3O2S. The molecule has 0 fully saturated rings. The van der Waals surface area contributed by atoms with Gasteiger partial charge in [-0.15, -0.1) is 11.3 Å². The fourth-order valence-electron chi connectivity index (χ4n) is 1.53. The number of aliphatic hydroxyl groups excluding tert-OH is 1. The largest absolute Gasteiger partial charge is 0.394 e. The first-order valence-corrected chi connectivity index (χ1v) is 6.75. The molecule has 19 heavy (non-hydrogen) atoms. The van der Waals surface area contributed by atoms with Gasteiger partial charge in [0.15, 0.2) is 0 Å². The minimum absolute atomic E-state index is 0.0907. The number of anilines is 1. The van der Waals surface area contributed by atoms with E-state index in [1.807, 2.05) is 23.6 Å². The Hall–Kier alpha value is -1.92. The molecule has 1 atom stereocenters. The number of carbonyl (C=O) groups is 1. The molecule has 0 aliphatic rings. The van der Waals surface area contributed by atoms with Crippen LogP contribution in [0.5, 0.6) is 0 Å². The first kappa shape index (κ1) is 13.5. The standard InChI is InChI=1S/C13H15N3O2S/c1-9(8-17)15-13(18)16-11-4-2-3-10(7-11)12-14-5-6-19-12/h2-7,9,17H,8H2,1H3,(H2,15,16,18)/t9-/m0/s1. The number of urea groups is 1. The summed E-state index contributed by atoms with van der Waals surface area (Å²) in [6.07, 6.45) is 1.75. The smallest absolute Gasteiger partial charge is 0.319 e. The minimum atomic E-state index is -0.335. The Morgan fingerprint density at radius 1 is 1.53 bits per heavy atom. The van der Waals surface area contributed by atoms with E-state index < -0.39 is 0 Å². The van der Waals surface area contributed by atoms with Gasteiger partial charge >= 0.3 is 6.03 Å². The normalized spacial score (nSPS) is 11.9. The highest BCUT2D eigenvalue weighted by atomic mass is 32.1. The van der Waals surface area contributed by atoms with E-state index >= 15 is 0 Å². The van der Waals surface area contributed by atoms with Gasteiger partial charge in [-0.1, -0.05) is 12.1 Å². The number of thiazole rings is 1. The zero-order valence-corrected chi connectivity index (χ0v) is 11.3. The van der Waals surface area contributed by atoms with Crippen LogP contribution in [-0.2, 0) is 0 Å². The fourth-order valence-corrected chi connectivity index (χ4v) is 2.17. The van der Waals surface area contributed by atoms with Crippen LogP contribution in [0.1, 0.15) is 6.92 Å². The molecular weight excluding hydrogens is 262 g/mol. The van der Waals surface area contributed by atoms with E-state index in [1.165, 1.54) is 0 Å². The number of carbonyl (C=O) groups excluding carboxylic acids is 1. The Kier molecular flexibility index (Phi) is 4.48. The SMILES string of the molecule is C[C@@H](CO)NC(=O)Nc1cccc(-c2nccs2)c1. The van der Waals surface area contributed by atoms with Crippen molar-refractivity contribution in [2.24, 2.45) is 0 Å². The molecule has 1 aromatic heterocycles. The average Bonchev–Trinajstić information content (AvgIpc) is 2.92. The summed E-state index contributed by atoms with van der Waals surface area (Å²) in [4.78, 5) is 15.9. The summed E-state index contributed by atoms with van der Waals surface area (Å²) in [5, 5.41) is 17.0. The number of rotatable bonds is 4. The van der Waals surface area contributed by atoms with E-state index in [-0.39, 0.29) is 18.7 Å². The number of hydrogen-bond donors (Lipinski definition) is 3. The van der Waals surface area contributed by atoms with Crippen molar-refractivity contribution >= 4 is 23.1 Å². The number of amides is 2. The summed E-state index contributed by atoms with van der Waals surface area (Å²) in [7, 11) is 0. The van der Waals surface area contributed by atoms with Gasteiger partial charge < -0.3 is 15.7 Å². The van der Waals surface area contributed by atoms with Crippen LogP contribution < -0.4 is 10.6 Å². The lowest BCUT2D eigenvalue weighted by Crippen LogP contribution is -2.38. The maximum Gasteiger partial charge on any atom is 0.319 e. The monoisotopic (exact) mass is 277 g/mol. The summed E-state index contributed by atoms with van der Waals surface area (Å²) in [6.45, 7) is 1.64. The molecule has 2 rings (SSSR count). The number of aliphatic hydroxyl groups is 1. The second-order valence-electron chi connectivity index (χ2n) is 4.10. The van der Waals surface area contributed by atoms with Crippen molar-refractivity contribution < 1.29 is 9.90 Å². The van der Waals surface area contributed by atoms with Gasteiger partial charge in [0.2, 0.25) is 0 Å². The van der Waals surface area contributed by atoms with Crippen molar-refractivity contribution in [2.75, 3.05) is 11.9 Å². The Bertz CT molecular complexity index is 543. The molecule has 1 heterocycles. The highest BCUT2D eigenvalue weighted by molar-refractivity contribution is 7.13. The van der Waals surface area contributed by atoms with Crippen LogP contribution in [0.3, 0.4) is 0 Å². The van der Waals surface area contributed by atoms with Crippen molar-refractivity contribution in [1.82, 2.24) is 10.3 Å². The molecule has 1 aromatic carbocycles. The van der Waals surface area contributed by atoms with Crippen LogP contribution in [0.2, 0.25) is 0 Å². The predicted molar refractivity (Wildman–Crippen MR) is 76.3 cm³/mol. The van der Waals surface area contributed by atoms with E-state index in [1.54, 1.807) is 30.5 Å². The van der Waals surface area contributed by atoms with Crippen LogP contribution in [0.15, 0.2) is 35.8 Å². The molecule has 0 spiro atoms. The maximum atomic E-state index is 11.6. The molecule has 0 saturated carbocycles. The zero-order valence-electron chi connectivity index (χ0n) is 10.5. The molecule has 0 radical (unpaired) electrons. The van der Waals surface area contributed by atoms with Crippen LogP contribution in [0.25, 0.3) is 10.6 Å². The fraction of sp³-hybridized carbons (Fsp3) is 0.231. The molecule has 0 saturated heterocycles. The quantitative estimate of drug-likeness (QED) is 0.803. The van der Waals surface area contributed by atoms with Gasteiger partial charge in [-0.05, 0) is 19.1 Å². The first-order valence-electron chi connectivity index (χ1n) is 5.87. The number of benzene rings is 1. The Morgan fingerprint density at radius 2 is 2.37 bits per heavy atom. The highest BCUT2D eigenvalue weighted by Crippen LogP contribution is 2.24. The molecule has 6 heteroatoms. The van der Waals surface area contributed by atoms with Crippen LogP contribution in [0, 0.1) is 0 Å². The summed E-state index contributed by atoms with van der Waals surface area (Å²) in [5.41, 5.74) is 1.65. The highest BCUT2D eigenvalue weighted by Gasteiger charge is 2.07. The second kappa shape index (κ2) is 6.31. The summed E-state index contributed by atoms with van der Waals surface area (Å²) in [5.74, 6) is 0. The molecule has 2 amide bonds. The van der Waals surface area contributed by atoms with E-state index in [0.717, 1.165) is 10.6 Å². The average molecular weight is 277 g/mol. The molecule has 100 valence electrons. The van der Waals surface area contributed by atoms with E-state index in [9.17, 15) is 4.79 Å². The maximum absolute atomic E-state index is 11.6. The first-order chi connectivity index (χ1) is 9.19. The zero-order chi connectivity index (χ0) is 13.7. The Labute approximate surface area is 115 Å². The van der Waals surface area contributed by atoms with Gasteiger partial charge in [-0.3, -0.25) is 0 Å². The topological polar surface area (TPSA) is 74.2 Å². The predicted octanol–water partition coefficient (Wildman–Crippen LogP) is 2.31. The second-order valence-corrected chi connectivity index (χ2v) is 4.99. The Morgan fingerprint density at radius 3 is 3.05 bits per heavy atom. The lowest BCUT2D eigenvalue weighted by molar-refractivity contribution is 0.229. The summed E-state index contributed by atoms with van der Waals surface area (Å²) in [6, 6.07) is 6.86. The van der Waals surface area contributed by atoms with Crippen molar-refractivity contribution in [2.45, 2.75) is 13.0 Å². The van der Waals surface area contributed by atoms with Crippen molar-refractivity contribution in [3.8, 4) is 10.6 Å². The van der Waals surface area contributed by atoms with Gasteiger partial charge in [0, 0.05) is 22.8 Å². The Balaban J connectivity index is 2.05. The molecule has 0 aliphatic heterocycles. The third-order valence-electron chi connectivity index (χ3n) is 2.45. The van der Waals surface area contributed by atoms with E-state index in [4.69, 9.17) is 5.11 Å². The van der Waals surface area contributed by atoms with Crippen molar-refractivity contribution in [3.05, 3.63) is 35.8 Å². The van der Waals surface area contributed by atoms with E-state index in [0.29, 0.717) is 5.69 Å². The third-order valence-corrected chi connectivity index (χ3v) is 3.27. The van der Waals surface area contributed by atoms with Crippen molar-refractivity contribution in [1.29, 1.82) is 0 Å². The van der Waals surface area contributed by atoms with E-state index in [2.05, 4.69) is 15.6 Å². The molecule has 0 bridgehead atoms. The lowest BCUT2D eigenvalue weighted by atomic mass is 10.2. The van der Waals surface area contributed by atoms with Gasteiger partial charge in [-0.25, -0.2) is 9.78 Å². The minimum Gasteiger partial charge on any atom is -0.394 e. The number of aromatic nitrogens is 1. The molecule has 5 nitrogen and oxygen atoms in total. The molecule has 3 N–H and O–H groups in total. The van der Waals surface area contributed by atoms with Crippen LogP contribution in [-0.4, -0.2) is 28.8 Å². The van der Waals surface area contributed by atoms with Gasteiger partial charge in [0.05, 0.1) is 12.6 Å². The molecule has 0 unspecified atom stereocenters. The molecule has 0 aliphatic carbocycles. The summed E-state index contributed by atoms with van der Waals surface area (Å²) >= 11 is 1.55. The summed E-state index contributed by atoms with van der Waals surface area (Å²) < 4.78 is 0. The number of nitrogens with zero attached hydrogens (tertiary/aromatic N) is 1. The van der Waals surface area contributed by atoms with Gasteiger partial charge in [0.25, 0.3) is 0 Å². The van der Waals surface area contributed by atoms with Gasteiger partial charge in [-0.2, -0.15) is 0 Å².